The highest BCUT2D eigenvalue weighted by atomic mass is 32.2. The van der Waals surface area contributed by atoms with Crippen molar-refractivity contribution in [2.24, 2.45) is 5.16 Å². The van der Waals surface area contributed by atoms with Crippen LogP contribution in [0.1, 0.15) is 25.2 Å². The van der Waals surface area contributed by atoms with Crippen LogP contribution in [0.2, 0.25) is 0 Å². The van der Waals surface area contributed by atoms with Crippen molar-refractivity contribution in [2.45, 2.75) is 30.0 Å². The normalized spacial score (nSPS) is 17.8. The number of amides is 2. The van der Waals surface area contributed by atoms with Crippen LogP contribution >= 0.6 is 34.9 Å². The second-order valence-electron chi connectivity index (χ2n) is 8.28. The minimum atomic E-state index is -1.16. The lowest BCUT2D eigenvalue weighted by Crippen LogP contribution is -2.54. The summed E-state index contributed by atoms with van der Waals surface area (Å²) in [6.07, 6.45) is 1.05. The van der Waals surface area contributed by atoms with Gasteiger partial charge >= 0.3 is 11.1 Å². The number of nitrogens with one attached hydrogen (secondary N) is 1. The Morgan fingerprint density at radius 3 is 2.85 bits per heavy atom. The molecule has 0 radical (unpaired) electrons. The van der Waals surface area contributed by atoms with Crippen molar-refractivity contribution in [3.05, 3.63) is 41.1 Å². The van der Waals surface area contributed by atoms with Crippen molar-refractivity contribution >= 4 is 75.1 Å². The van der Waals surface area contributed by atoms with Crippen LogP contribution in [0.3, 0.4) is 0 Å². The van der Waals surface area contributed by atoms with Gasteiger partial charge in [-0.1, -0.05) is 22.8 Å². The predicted octanol–water partition coefficient (Wildman–Crippen LogP) is 0.550. The molecule has 1 saturated heterocycles. The van der Waals surface area contributed by atoms with E-state index >= 15 is 0 Å². The molecule has 0 spiro atoms. The molecule has 1 fully saturated rings. The molecule has 2 amide bonds. The number of aliphatic carboxylic acids is 1. The van der Waals surface area contributed by atoms with Crippen molar-refractivity contribution in [1.29, 1.82) is 0 Å². The molecular weight excluding hydrogens is 567 g/mol. The number of thioether (sulfide) groups is 2. The molecule has 2 aliphatic rings. The number of rotatable bonds is 11. The molecule has 206 valence electrons. The van der Waals surface area contributed by atoms with E-state index in [1.54, 1.807) is 16.9 Å². The van der Waals surface area contributed by atoms with E-state index < -0.39 is 18.0 Å². The Morgan fingerprint density at radius 1 is 1.44 bits per heavy atom. The molecule has 4 heterocycles. The number of carbonyl (C=O) groups is 3. The highest BCUT2D eigenvalue weighted by Crippen LogP contribution is 2.41. The number of hydrogen-bond donors (Lipinski definition) is 5. The van der Waals surface area contributed by atoms with Gasteiger partial charge in [0.05, 0.1) is 17.9 Å². The van der Waals surface area contributed by atoms with Crippen LogP contribution in [-0.4, -0.2) is 67.0 Å². The van der Waals surface area contributed by atoms with E-state index in [-0.39, 0.29) is 57.5 Å². The Hall–Kier alpha value is -3.83. The lowest BCUT2D eigenvalue weighted by Gasteiger charge is -2.43. The first-order chi connectivity index (χ1) is 18.6. The molecule has 39 heavy (non-hydrogen) atoms. The maximum atomic E-state index is 13.2. The summed E-state index contributed by atoms with van der Waals surface area (Å²) < 4.78 is 1.55. The number of carbonyl (C=O) groups excluding carboxylic acids is 2. The van der Waals surface area contributed by atoms with Gasteiger partial charge in [-0.3, -0.25) is 14.5 Å². The monoisotopic (exact) mass is 592 g/mol. The van der Waals surface area contributed by atoms with E-state index in [1.807, 2.05) is 0 Å². The molecule has 2 unspecified atom stereocenters. The Kier molecular flexibility index (Phi) is 8.61. The summed E-state index contributed by atoms with van der Waals surface area (Å²) in [5, 5.41) is 18.5. The first-order valence-corrected chi connectivity index (χ1v) is 14.3. The van der Waals surface area contributed by atoms with Crippen LogP contribution in [-0.2, 0) is 19.2 Å². The summed E-state index contributed by atoms with van der Waals surface area (Å²) in [5.41, 5.74) is 18.6. The number of oxime groups is 1. The summed E-state index contributed by atoms with van der Waals surface area (Å²) in [7, 11) is 0. The van der Waals surface area contributed by atoms with Gasteiger partial charge in [0.1, 0.15) is 18.0 Å². The van der Waals surface area contributed by atoms with Crippen molar-refractivity contribution < 1.29 is 28.9 Å². The molecule has 17 heteroatoms. The molecule has 0 aromatic carbocycles. The molecule has 2 aromatic heterocycles. The molecule has 0 bridgehead atoms. The van der Waals surface area contributed by atoms with Crippen molar-refractivity contribution in [1.82, 2.24) is 20.2 Å². The summed E-state index contributed by atoms with van der Waals surface area (Å²) in [5.74, 6) is -0.978. The van der Waals surface area contributed by atoms with Crippen LogP contribution in [0.15, 0.2) is 45.7 Å². The number of fused-ring (bicyclic) bond motifs is 1. The predicted molar refractivity (Wildman–Crippen MR) is 148 cm³/mol. The number of anilines is 3. The third-order valence-corrected chi connectivity index (χ3v) is 8.56. The molecule has 8 N–H and O–H groups in total. The number of nitrogen functional groups attached to an aromatic ring is 3. The van der Waals surface area contributed by atoms with E-state index in [0.29, 0.717) is 22.9 Å². The van der Waals surface area contributed by atoms with Crippen molar-refractivity contribution in [3.63, 3.8) is 0 Å². The number of carboxylic acids is 1. The summed E-state index contributed by atoms with van der Waals surface area (Å²) in [4.78, 5) is 52.2. The van der Waals surface area contributed by atoms with Gasteiger partial charge in [-0.25, -0.2) is 14.3 Å². The highest BCUT2D eigenvalue weighted by Gasteiger charge is 2.45. The number of hydrogen-bond acceptors (Lipinski definition) is 13. The molecule has 4 rings (SSSR count). The minimum absolute atomic E-state index is 0.00445. The van der Waals surface area contributed by atoms with Crippen molar-refractivity contribution in [2.75, 3.05) is 35.3 Å². The van der Waals surface area contributed by atoms with Crippen LogP contribution in [0.4, 0.5) is 16.8 Å². The molecular formula is C22H26N9O5S3+. The van der Waals surface area contributed by atoms with Crippen LogP contribution in [0.5, 0.6) is 0 Å². The van der Waals surface area contributed by atoms with Gasteiger partial charge in [0.2, 0.25) is 17.5 Å². The van der Waals surface area contributed by atoms with Gasteiger partial charge in [0, 0.05) is 16.9 Å². The third-order valence-electron chi connectivity index (χ3n) is 5.57. The van der Waals surface area contributed by atoms with E-state index in [0.717, 1.165) is 11.3 Å². The van der Waals surface area contributed by atoms with Gasteiger partial charge in [-0.2, -0.15) is 0 Å². The highest BCUT2D eigenvalue weighted by molar-refractivity contribution is 8.00. The lowest BCUT2D eigenvalue weighted by molar-refractivity contribution is -0.747. The minimum Gasteiger partial charge on any atom is -0.477 e. The molecule has 0 saturated carbocycles. The van der Waals surface area contributed by atoms with Crippen LogP contribution in [0.25, 0.3) is 0 Å². The molecule has 14 nitrogen and oxygen atoms in total. The smallest absolute Gasteiger partial charge is 0.352 e. The first-order valence-electron chi connectivity index (χ1n) is 11.4. The quantitative estimate of drug-likeness (QED) is 0.0353. The van der Waals surface area contributed by atoms with Gasteiger partial charge in [0.25, 0.3) is 5.91 Å². The van der Waals surface area contributed by atoms with Crippen LogP contribution in [0, 0.1) is 0 Å². The second-order valence-corrected chi connectivity index (χ2v) is 11.3. The average Bonchev–Trinajstić information content (AvgIpc) is 3.29. The fourth-order valence-electron chi connectivity index (χ4n) is 3.84. The Labute approximate surface area is 235 Å². The van der Waals surface area contributed by atoms with E-state index in [1.165, 1.54) is 40.6 Å². The van der Waals surface area contributed by atoms with E-state index in [2.05, 4.69) is 27.0 Å². The van der Waals surface area contributed by atoms with Gasteiger partial charge in [-0.05, 0) is 24.3 Å². The zero-order chi connectivity index (χ0) is 28.3. The Morgan fingerprint density at radius 2 is 2.21 bits per heavy atom. The molecule has 2 aromatic rings. The van der Waals surface area contributed by atoms with E-state index in [9.17, 15) is 19.5 Å². The standard InChI is InChI=1S/C22H25N9O5S3/c1-3-4-36-29-17(12-9-38-21(25)27-12)19(33)26-10(2)30-14(24)5-13(23)28-22(30)39-8-11-7-37-16-6-15(32)31(16)18(11)20(34)35/h3,5,9-10,16H,1,4,6-8H2,2H3,(H7,23,24,25,26,27,33,34,35)/p+1/b29-17-. The third kappa shape index (κ3) is 6.10. The van der Waals surface area contributed by atoms with Gasteiger partial charge < -0.3 is 32.5 Å². The fourth-order valence-corrected chi connectivity index (χ4v) is 6.89. The van der Waals surface area contributed by atoms with Gasteiger partial charge in [0.15, 0.2) is 17.0 Å². The largest absolute Gasteiger partial charge is 0.477 e. The Bertz CT molecular complexity index is 1390. The maximum absolute atomic E-state index is 13.2. The summed E-state index contributed by atoms with van der Waals surface area (Å²) in [6, 6.07) is 1.44. The fraction of sp³-hybridized carbons (Fsp3) is 0.318. The van der Waals surface area contributed by atoms with Gasteiger partial charge in [-0.15, -0.1) is 23.1 Å². The maximum Gasteiger partial charge on any atom is 0.352 e. The topological polar surface area (TPSA) is 216 Å². The first kappa shape index (κ1) is 28.2. The number of nitrogens with zero attached hydrogens (tertiary/aromatic N) is 5. The number of thiazole rings is 1. The van der Waals surface area contributed by atoms with Crippen molar-refractivity contribution in [3.8, 4) is 0 Å². The zero-order valence-electron chi connectivity index (χ0n) is 20.7. The molecule has 0 aliphatic carbocycles. The lowest BCUT2D eigenvalue weighted by atomic mass is 10.1. The molecule has 2 atom stereocenters. The average molecular weight is 593 g/mol. The van der Waals surface area contributed by atoms with Crippen LogP contribution < -0.4 is 27.1 Å². The second kappa shape index (κ2) is 11.9. The van der Waals surface area contributed by atoms with E-state index in [4.69, 9.17) is 22.0 Å². The zero-order valence-corrected chi connectivity index (χ0v) is 23.1. The number of nitrogens with two attached hydrogens (primary N) is 3. The summed E-state index contributed by atoms with van der Waals surface area (Å²) >= 11 is 3.84. The molecule has 2 aliphatic heterocycles. The SMILES string of the molecule is C=CCO/N=C(\C(=O)NC(C)[n+]1c(N)cc(N)nc1SCC1=C(C(=O)O)N2C(=O)CC2SC1)c1csc(N)n1. The number of carboxylic acid groups (broad SMARTS) is 1. The Balaban J connectivity index is 1.58. The summed E-state index contributed by atoms with van der Waals surface area (Å²) in [6.45, 7) is 5.30. The number of aromatic nitrogens is 3. The number of β-lactam (4-membered cyclic amide) rings is 1.